The van der Waals surface area contributed by atoms with Gasteiger partial charge < -0.3 is 25.7 Å². The van der Waals surface area contributed by atoms with Crippen molar-refractivity contribution in [2.75, 3.05) is 5.32 Å². The van der Waals surface area contributed by atoms with E-state index in [1.807, 2.05) is 0 Å². The molecule has 3 fully saturated rings. The summed E-state index contributed by atoms with van der Waals surface area (Å²) in [6.45, 7) is 2.56. The van der Waals surface area contributed by atoms with Crippen LogP contribution in [0.15, 0.2) is 35.2 Å². The Morgan fingerprint density at radius 1 is 1.08 bits per heavy atom. The number of amides is 1. The van der Waals surface area contributed by atoms with Crippen LogP contribution in [0.5, 0.6) is 0 Å². The Morgan fingerprint density at radius 3 is 2.16 bits per heavy atom. The van der Waals surface area contributed by atoms with Gasteiger partial charge >= 0.3 is 0 Å². The van der Waals surface area contributed by atoms with Gasteiger partial charge in [0.25, 0.3) is 5.91 Å². The molecular formula is C25H27ClF3NO7S. The molecule has 3 aliphatic carbocycles. The second kappa shape index (κ2) is 9.76. The van der Waals surface area contributed by atoms with E-state index < -0.39 is 73.7 Å². The Kier molecular flexibility index (Phi) is 7.39. The summed E-state index contributed by atoms with van der Waals surface area (Å²) in [5.74, 6) is -7.02. The first-order valence-electron chi connectivity index (χ1n) is 11.8. The van der Waals surface area contributed by atoms with Crippen LogP contribution in [0.1, 0.15) is 43.5 Å². The number of carbonyl (C=O) groups is 1. The Morgan fingerprint density at radius 2 is 1.63 bits per heavy atom. The van der Waals surface area contributed by atoms with Crippen LogP contribution < -0.4 is 5.32 Å². The van der Waals surface area contributed by atoms with Crippen molar-refractivity contribution in [3.05, 3.63) is 58.4 Å². The minimum atomic E-state index is -4.15. The van der Waals surface area contributed by atoms with Crippen LogP contribution in [0.25, 0.3) is 0 Å². The number of sulfone groups is 1. The molecule has 5 N–H and O–H groups in total. The molecule has 2 bridgehead atoms. The number of carbonyl (C=O) groups excluding carboxylic acids is 1. The number of benzene rings is 2. The van der Waals surface area contributed by atoms with E-state index in [9.17, 15) is 46.8 Å². The largest absolute Gasteiger partial charge is 0.388 e. The third kappa shape index (κ3) is 4.82. The SMILES string of the molecule is CC(C)(O)C(O)C(O)[C@]1(O)C2CC1C[C@@H](S(=O)(=O)c1cc(C(=O)Nc3cc(F)c(F)c(F)c3)ccc1Cl)C2. The van der Waals surface area contributed by atoms with Crippen molar-refractivity contribution in [2.24, 2.45) is 11.8 Å². The smallest absolute Gasteiger partial charge is 0.255 e. The summed E-state index contributed by atoms with van der Waals surface area (Å²) in [7, 11) is -4.15. The topological polar surface area (TPSA) is 144 Å². The predicted octanol–water partition coefficient (Wildman–Crippen LogP) is 2.81. The average Bonchev–Trinajstić information content (AvgIpc) is 2.85. The maximum absolute atomic E-state index is 13.5. The fourth-order valence-electron chi connectivity index (χ4n) is 5.44. The lowest BCUT2D eigenvalue weighted by molar-refractivity contribution is -0.267. The van der Waals surface area contributed by atoms with E-state index >= 15 is 0 Å². The van der Waals surface area contributed by atoms with Crippen molar-refractivity contribution in [3.8, 4) is 0 Å². The van der Waals surface area contributed by atoms with Gasteiger partial charge in [0.15, 0.2) is 27.3 Å². The Labute approximate surface area is 222 Å². The molecule has 8 nitrogen and oxygen atoms in total. The van der Waals surface area contributed by atoms with Gasteiger partial charge in [-0.2, -0.15) is 0 Å². The zero-order valence-electron chi connectivity index (χ0n) is 20.3. The van der Waals surface area contributed by atoms with Gasteiger partial charge in [-0.15, -0.1) is 0 Å². The highest BCUT2D eigenvalue weighted by atomic mass is 35.5. The van der Waals surface area contributed by atoms with Crippen LogP contribution in [0, 0.1) is 29.3 Å². The van der Waals surface area contributed by atoms with Gasteiger partial charge in [-0.25, -0.2) is 21.6 Å². The summed E-state index contributed by atoms with van der Waals surface area (Å²) in [5.41, 5.74) is -4.07. The second-order valence-electron chi connectivity index (χ2n) is 10.6. The number of fused-ring (bicyclic) bond motifs is 2. The Bertz CT molecular complexity index is 1350. The number of aliphatic hydroxyl groups excluding tert-OH is 2. The molecule has 208 valence electrons. The summed E-state index contributed by atoms with van der Waals surface area (Å²) in [6.07, 6.45) is -3.08. The minimum Gasteiger partial charge on any atom is -0.388 e. The molecule has 5 rings (SSSR count). The molecule has 3 saturated carbocycles. The van der Waals surface area contributed by atoms with Gasteiger partial charge in [0.05, 0.1) is 26.4 Å². The molecule has 4 atom stereocenters. The normalized spacial score (nSPS) is 26.8. The van der Waals surface area contributed by atoms with Crippen molar-refractivity contribution < 1.29 is 46.8 Å². The lowest BCUT2D eigenvalue weighted by atomic mass is 9.51. The number of hydrogen-bond acceptors (Lipinski definition) is 7. The number of halogens is 4. The fourth-order valence-corrected chi connectivity index (χ4v) is 7.85. The van der Waals surface area contributed by atoms with Crippen LogP contribution in [-0.4, -0.2) is 63.4 Å². The van der Waals surface area contributed by atoms with Crippen molar-refractivity contribution in [1.29, 1.82) is 0 Å². The molecule has 0 spiro atoms. The number of rotatable bonds is 7. The first-order chi connectivity index (χ1) is 17.5. The van der Waals surface area contributed by atoms with E-state index in [1.54, 1.807) is 0 Å². The van der Waals surface area contributed by atoms with Crippen LogP contribution in [0.3, 0.4) is 0 Å². The Balaban J connectivity index is 1.55. The van der Waals surface area contributed by atoms with Gasteiger partial charge in [0.2, 0.25) is 0 Å². The first kappa shape index (κ1) is 28.8. The van der Waals surface area contributed by atoms with Gasteiger partial charge in [-0.1, -0.05) is 11.6 Å². The number of anilines is 1. The molecule has 0 saturated heterocycles. The monoisotopic (exact) mass is 577 g/mol. The fraction of sp³-hybridized carbons (Fsp3) is 0.480. The van der Waals surface area contributed by atoms with Crippen LogP contribution in [0.2, 0.25) is 5.02 Å². The highest BCUT2D eigenvalue weighted by Gasteiger charge is 2.65. The van der Waals surface area contributed by atoms with Gasteiger partial charge in [-0.05, 0) is 63.1 Å². The van der Waals surface area contributed by atoms with Crippen LogP contribution in [-0.2, 0) is 9.84 Å². The van der Waals surface area contributed by atoms with E-state index in [0.717, 1.165) is 6.07 Å². The highest BCUT2D eigenvalue weighted by Crippen LogP contribution is 2.58. The highest BCUT2D eigenvalue weighted by molar-refractivity contribution is 7.92. The third-order valence-corrected chi connectivity index (χ3v) is 10.3. The number of hydrogen-bond donors (Lipinski definition) is 5. The molecule has 2 aromatic rings. The van der Waals surface area contributed by atoms with Crippen LogP contribution in [0.4, 0.5) is 18.9 Å². The molecular weight excluding hydrogens is 551 g/mol. The first-order valence-corrected chi connectivity index (χ1v) is 13.7. The minimum absolute atomic E-state index is 0.0636. The van der Waals surface area contributed by atoms with E-state index in [0.29, 0.717) is 18.6 Å². The van der Waals surface area contributed by atoms with Crippen molar-refractivity contribution in [3.63, 3.8) is 0 Å². The molecule has 0 aromatic heterocycles. The molecule has 4 unspecified atom stereocenters. The molecule has 2 aromatic carbocycles. The maximum atomic E-state index is 13.5. The lowest BCUT2D eigenvalue weighted by Gasteiger charge is -2.61. The van der Waals surface area contributed by atoms with Crippen molar-refractivity contribution in [2.45, 2.75) is 66.7 Å². The predicted molar refractivity (Wildman–Crippen MR) is 131 cm³/mol. The van der Waals surface area contributed by atoms with E-state index in [-0.39, 0.29) is 34.0 Å². The number of aliphatic hydroxyl groups is 4. The zero-order chi connectivity index (χ0) is 28.4. The third-order valence-electron chi connectivity index (χ3n) is 7.65. The van der Waals surface area contributed by atoms with Crippen molar-refractivity contribution in [1.82, 2.24) is 0 Å². The Hall–Kier alpha value is -2.22. The van der Waals surface area contributed by atoms with Gasteiger partial charge in [0, 0.05) is 23.4 Å². The summed E-state index contributed by atoms with van der Waals surface area (Å²) < 4.78 is 67.2. The average molecular weight is 578 g/mol. The molecule has 0 aliphatic heterocycles. The zero-order valence-corrected chi connectivity index (χ0v) is 21.9. The van der Waals surface area contributed by atoms with Gasteiger partial charge in [-0.3, -0.25) is 4.79 Å². The van der Waals surface area contributed by atoms with Gasteiger partial charge in [0.1, 0.15) is 12.2 Å². The van der Waals surface area contributed by atoms with Crippen LogP contribution >= 0.6 is 11.6 Å². The lowest BCUT2D eigenvalue weighted by Crippen LogP contribution is -2.71. The van der Waals surface area contributed by atoms with E-state index in [1.165, 1.54) is 26.0 Å². The second-order valence-corrected chi connectivity index (χ2v) is 13.2. The molecule has 3 aliphatic rings. The summed E-state index contributed by atoms with van der Waals surface area (Å²) in [5, 5.41) is 43.1. The molecule has 13 heteroatoms. The van der Waals surface area contributed by atoms with Crippen molar-refractivity contribution >= 4 is 33.0 Å². The quantitative estimate of drug-likeness (QED) is 0.318. The molecule has 1 amide bonds. The van der Waals surface area contributed by atoms with E-state index in [4.69, 9.17) is 11.6 Å². The molecule has 38 heavy (non-hydrogen) atoms. The summed E-state index contributed by atoms with van der Waals surface area (Å²) in [4.78, 5) is 12.3. The maximum Gasteiger partial charge on any atom is 0.255 e. The number of nitrogens with one attached hydrogen (secondary N) is 1. The standard InChI is InChI=1S/C25H27ClF3NO7S/c1-24(2,34)21(31)22(32)25(35)12-6-13(25)8-15(7-12)38(36,37)19-5-11(3-4-16(19)26)23(33)30-14-9-17(27)20(29)18(28)10-14/h3-5,9-10,12-13,15,21-22,31-32,34-35H,6-8H2,1-2H3,(H,30,33)/t12?,13?,15-,21?,22?,25-. The van der Waals surface area contributed by atoms with E-state index in [2.05, 4.69) is 5.32 Å². The molecule has 0 radical (unpaired) electrons. The summed E-state index contributed by atoms with van der Waals surface area (Å²) >= 11 is 6.17. The molecule has 0 heterocycles. The summed E-state index contributed by atoms with van der Waals surface area (Å²) in [6, 6.07) is 4.55.